The number of anilines is 1. The monoisotopic (exact) mass is 341 g/mol. The Bertz CT molecular complexity index is 891. The quantitative estimate of drug-likeness (QED) is 0.404. The minimum atomic E-state index is -0.477. The molecule has 0 atom stereocenters. The van der Waals surface area contributed by atoms with E-state index in [0.29, 0.717) is 22.1 Å². The summed E-state index contributed by atoms with van der Waals surface area (Å²) >= 11 is 6.10. The summed E-state index contributed by atoms with van der Waals surface area (Å²) < 4.78 is 5.63. The van der Waals surface area contributed by atoms with Crippen LogP contribution in [0.3, 0.4) is 0 Å². The first-order valence-electron chi connectivity index (χ1n) is 7.02. The first-order chi connectivity index (χ1) is 11.6. The van der Waals surface area contributed by atoms with E-state index in [1.807, 2.05) is 30.3 Å². The highest BCUT2D eigenvalue weighted by molar-refractivity contribution is 6.33. The normalized spacial score (nSPS) is 10.9. The molecule has 120 valence electrons. The molecule has 1 heterocycles. The van der Waals surface area contributed by atoms with Gasteiger partial charge in [-0.2, -0.15) is 5.10 Å². The number of non-ortho nitro benzene ring substituents is 1. The molecule has 0 unspecified atom stereocenters. The van der Waals surface area contributed by atoms with E-state index in [1.165, 1.54) is 24.4 Å². The minimum Gasteiger partial charge on any atom is -0.455 e. The number of benzene rings is 2. The number of nitrogens with one attached hydrogen (secondary N) is 1. The van der Waals surface area contributed by atoms with E-state index in [2.05, 4.69) is 10.5 Å². The topological polar surface area (TPSA) is 80.7 Å². The van der Waals surface area contributed by atoms with Crippen LogP contribution in [0.15, 0.2) is 70.2 Å². The molecule has 0 radical (unpaired) electrons. The van der Waals surface area contributed by atoms with Crippen LogP contribution in [0.4, 0.5) is 11.4 Å². The lowest BCUT2D eigenvalue weighted by Gasteiger charge is -2.00. The van der Waals surface area contributed by atoms with Gasteiger partial charge >= 0.3 is 0 Å². The smallest absolute Gasteiger partial charge is 0.270 e. The summed E-state index contributed by atoms with van der Waals surface area (Å²) in [6, 6.07) is 17.1. The fourth-order valence-corrected chi connectivity index (χ4v) is 2.28. The molecule has 1 N–H and O–H groups in total. The summed E-state index contributed by atoms with van der Waals surface area (Å²) in [5.74, 6) is 0.931. The predicted octanol–water partition coefficient (Wildman–Crippen LogP) is 4.95. The highest BCUT2D eigenvalue weighted by atomic mass is 35.5. The number of nitro groups is 1. The van der Waals surface area contributed by atoms with Gasteiger partial charge in [0.25, 0.3) is 5.69 Å². The van der Waals surface area contributed by atoms with Crippen LogP contribution in [0.25, 0.3) is 11.3 Å². The Morgan fingerprint density at radius 2 is 1.92 bits per heavy atom. The van der Waals surface area contributed by atoms with E-state index in [1.54, 1.807) is 12.1 Å². The summed E-state index contributed by atoms with van der Waals surface area (Å²) in [4.78, 5) is 10.4. The Balaban J connectivity index is 1.78. The molecule has 0 aliphatic carbocycles. The number of hydrazone groups is 1. The summed E-state index contributed by atoms with van der Waals surface area (Å²) in [5, 5.41) is 15.3. The Labute approximate surface area is 142 Å². The maximum atomic E-state index is 10.9. The number of halogens is 1. The van der Waals surface area contributed by atoms with E-state index < -0.39 is 4.92 Å². The van der Waals surface area contributed by atoms with Crippen molar-refractivity contribution < 1.29 is 9.34 Å². The van der Waals surface area contributed by atoms with Crippen molar-refractivity contribution in [2.75, 3.05) is 5.43 Å². The molecule has 0 amide bonds. The molecular formula is C17H12ClN3O3. The van der Waals surface area contributed by atoms with Crippen LogP contribution >= 0.6 is 11.6 Å². The molecule has 0 bridgehead atoms. The third-order valence-corrected chi connectivity index (χ3v) is 3.54. The summed E-state index contributed by atoms with van der Waals surface area (Å²) in [7, 11) is 0. The maximum Gasteiger partial charge on any atom is 0.270 e. The summed E-state index contributed by atoms with van der Waals surface area (Å²) in [6.07, 6.45) is 1.52. The Kier molecular flexibility index (Phi) is 4.58. The zero-order valence-corrected chi connectivity index (χ0v) is 13.1. The maximum absolute atomic E-state index is 10.9. The lowest BCUT2D eigenvalue weighted by Crippen LogP contribution is -1.89. The van der Waals surface area contributed by atoms with Crippen LogP contribution in [0.1, 0.15) is 5.76 Å². The molecule has 0 aliphatic rings. The predicted molar refractivity (Wildman–Crippen MR) is 93.5 cm³/mol. The van der Waals surface area contributed by atoms with E-state index in [0.717, 1.165) is 5.69 Å². The van der Waals surface area contributed by atoms with Gasteiger partial charge in [-0.15, -0.1) is 0 Å². The number of nitro benzene ring substituents is 1. The largest absolute Gasteiger partial charge is 0.455 e. The van der Waals surface area contributed by atoms with Crippen molar-refractivity contribution in [2.45, 2.75) is 0 Å². The molecule has 2 aromatic carbocycles. The number of nitrogens with zero attached hydrogens (tertiary/aromatic N) is 2. The number of para-hydroxylation sites is 1. The molecular weight excluding hydrogens is 330 g/mol. The molecule has 0 spiro atoms. The van der Waals surface area contributed by atoms with Crippen molar-refractivity contribution in [1.29, 1.82) is 0 Å². The average molecular weight is 342 g/mol. The minimum absolute atomic E-state index is 0.0493. The average Bonchev–Trinajstić information content (AvgIpc) is 3.04. The van der Waals surface area contributed by atoms with Gasteiger partial charge in [0.2, 0.25) is 0 Å². The molecule has 3 aromatic rings. The molecule has 1 aromatic heterocycles. The van der Waals surface area contributed by atoms with E-state index in [4.69, 9.17) is 16.0 Å². The Hall–Kier alpha value is -3.12. The number of hydrogen-bond acceptors (Lipinski definition) is 5. The highest BCUT2D eigenvalue weighted by Crippen LogP contribution is 2.32. The Morgan fingerprint density at radius 1 is 1.12 bits per heavy atom. The Morgan fingerprint density at radius 3 is 2.67 bits per heavy atom. The molecule has 3 rings (SSSR count). The molecule has 0 aliphatic heterocycles. The van der Waals surface area contributed by atoms with Crippen molar-refractivity contribution in [1.82, 2.24) is 0 Å². The van der Waals surface area contributed by atoms with Crippen molar-refractivity contribution in [3.63, 3.8) is 0 Å². The molecule has 7 heteroatoms. The summed E-state index contributed by atoms with van der Waals surface area (Å²) in [5.41, 5.74) is 4.13. The van der Waals surface area contributed by atoms with Crippen molar-refractivity contribution in [2.24, 2.45) is 5.10 Å². The van der Waals surface area contributed by atoms with Crippen LogP contribution < -0.4 is 5.43 Å². The zero-order valence-electron chi connectivity index (χ0n) is 12.3. The number of rotatable bonds is 5. The first-order valence-corrected chi connectivity index (χ1v) is 7.39. The molecule has 0 saturated carbocycles. The van der Waals surface area contributed by atoms with Gasteiger partial charge in [0.15, 0.2) is 0 Å². The number of hydrogen-bond donors (Lipinski definition) is 1. The second-order valence-electron chi connectivity index (χ2n) is 4.86. The molecule has 24 heavy (non-hydrogen) atoms. The van der Waals surface area contributed by atoms with Gasteiger partial charge in [-0.05, 0) is 30.3 Å². The van der Waals surface area contributed by atoms with Gasteiger partial charge in [0, 0.05) is 17.7 Å². The third kappa shape index (κ3) is 3.61. The fourth-order valence-electron chi connectivity index (χ4n) is 2.07. The second kappa shape index (κ2) is 6.97. The van der Waals surface area contributed by atoms with Crippen molar-refractivity contribution in [3.8, 4) is 11.3 Å². The van der Waals surface area contributed by atoms with Gasteiger partial charge in [-0.1, -0.05) is 29.8 Å². The van der Waals surface area contributed by atoms with Gasteiger partial charge in [0.1, 0.15) is 11.5 Å². The van der Waals surface area contributed by atoms with Crippen LogP contribution in [0.2, 0.25) is 5.02 Å². The second-order valence-corrected chi connectivity index (χ2v) is 5.27. The van der Waals surface area contributed by atoms with Crippen molar-refractivity contribution in [3.05, 3.63) is 81.6 Å². The summed E-state index contributed by atoms with van der Waals surface area (Å²) in [6.45, 7) is 0. The highest BCUT2D eigenvalue weighted by Gasteiger charge is 2.14. The van der Waals surface area contributed by atoms with Gasteiger partial charge < -0.3 is 4.42 Å². The lowest BCUT2D eigenvalue weighted by atomic mass is 10.1. The van der Waals surface area contributed by atoms with E-state index in [9.17, 15) is 10.1 Å². The third-order valence-electron chi connectivity index (χ3n) is 3.21. The molecule has 0 saturated heterocycles. The fraction of sp³-hybridized carbons (Fsp3) is 0. The number of furan rings is 1. The zero-order chi connectivity index (χ0) is 16.9. The standard InChI is InChI=1S/C17H12ClN3O3/c18-16-8-6-13(21(22)23)10-15(16)17-9-7-14(24-17)11-19-20-12-4-2-1-3-5-12/h1-11,20H/b19-11+. The van der Waals surface area contributed by atoms with Crippen molar-refractivity contribution >= 4 is 29.2 Å². The van der Waals surface area contributed by atoms with Gasteiger partial charge in [-0.25, -0.2) is 0 Å². The SMILES string of the molecule is O=[N+]([O-])c1ccc(Cl)c(-c2ccc(/C=N/Nc3ccccc3)o2)c1. The van der Waals surface area contributed by atoms with Crippen LogP contribution in [-0.4, -0.2) is 11.1 Å². The van der Waals surface area contributed by atoms with Gasteiger partial charge in [-0.3, -0.25) is 15.5 Å². The molecule has 0 fully saturated rings. The van der Waals surface area contributed by atoms with E-state index in [-0.39, 0.29) is 5.69 Å². The van der Waals surface area contributed by atoms with Crippen LogP contribution in [-0.2, 0) is 0 Å². The molecule has 6 nitrogen and oxygen atoms in total. The first kappa shape index (κ1) is 15.8. The van der Waals surface area contributed by atoms with Gasteiger partial charge in [0.05, 0.1) is 21.8 Å². The lowest BCUT2D eigenvalue weighted by molar-refractivity contribution is -0.384. The van der Waals surface area contributed by atoms with E-state index >= 15 is 0 Å². The van der Waals surface area contributed by atoms with Crippen LogP contribution in [0.5, 0.6) is 0 Å². The van der Waals surface area contributed by atoms with Crippen LogP contribution in [0, 0.1) is 10.1 Å².